The molecule has 0 atom stereocenters. The minimum absolute atomic E-state index is 0.0728. The lowest BCUT2D eigenvalue weighted by atomic mass is 9.85. The van der Waals surface area contributed by atoms with E-state index in [9.17, 15) is 5.48 Å². The minimum atomic E-state index is -0.381. The van der Waals surface area contributed by atoms with Crippen molar-refractivity contribution in [2.24, 2.45) is 0 Å². The molecule has 0 aliphatic carbocycles. The highest BCUT2D eigenvalue weighted by Crippen LogP contribution is 2.43. The average molecular weight is 693 g/mol. The van der Waals surface area contributed by atoms with Crippen molar-refractivity contribution in [1.29, 1.82) is 0 Å². The third-order valence-corrected chi connectivity index (χ3v) is 10.9. The van der Waals surface area contributed by atoms with Gasteiger partial charge in [0.05, 0.1) is 8.22 Å². The number of fused-ring (bicyclic) bond motifs is 7. The van der Waals surface area contributed by atoms with Gasteiger partial charge in [0.2, 0.25) is 0 Å². The van der Waals surface area contributed by atoms with E-state index in [1.807, 2.05) is 84.9 Å². The molecule has 252 valence electrons. The van der Waals surface area contributed by atoms with E-state index < -0.39 is 0 Å². The molecule has 11 aromatic rings. The van der Waals surface area contributed by atoms with Crippen molar-refractivity contribution >= 4 is 65.0 Å². The Kier molecular flexibility index (Phi) is 5.73. The molecule has 0 aliphatic heterocycles. The molecular formula is C53H34O. The number of furan rings is 1. The van der Waals surface area contributed by atoms with Gasteiger partial charge in [-0.3, -0.25) is 0 Å². The van der Waals surface area contributed by atoms with E-state index in [-0.39, 0.29) is 53.4 Å². The first kappa shape index (κ1) is 25.1. The maximum Gasteiger partial charge on any atom is 0.136 e. The van der Waals surface area contributed by atoms with E-state index in [0.29, 0.717) is 27.9 Å². The van der Waals surface area contributed by atoms with E-state index in [1.54, 1.807) is 0 Å². The lowest BCUT2D eigenvalue weighted by Gasteiger charge is -2.18. The van der Waals surface area contributed by atoms with Crippen LogP contribution in [0.1, 0.15) is 19.4 Å². The van der Waals surface area contributed by atoms with Crippen LogP contribution in [0.15, 0.2) is 198 Å². The van der Waals surface area contributed by atoms with Gasteiger partial charge in [-0.2, -0.15) is 0 Å². The molecule has 0 N–H and O–H groups in total. The summed E-state index contributed by atoms with van der Waals surface area (Å²) in [5.74, 6) is 0. The molecular weight excluding hydrogens is 653 g/mol. The summed E-state index contributed by atoms with van der Waals surface area (Å²) in [5, 5.41) is 8.49. The molecule has 0 bridgehead atoms. The maximum absolute atomic E-state index is 9.73. The van der Waals surface area contributed by atoms with E-state index in [4.69, 9.17) is 7.16 Å². The topological polar surface area (TPSA) is 13.1 Å². The van der Waals surface area contributed by atoms with E-state index >= 15 is 0 Å². The second-order valence-electron chi connectivity index (χ2n) is 13.9. The summed E-state index contributed by atoms with van der Waals surface area (Å²) in [7, 11) is 0. The Morgan fingerprint density at radius 3 is 1.85 bits per heavy atom. The number of hydrogen-bond acceptors (Lipinski definition) is 1. The molecule has 1 aromatic heterocycles. The zero-order valence-electron chi connectivity index (χ0n) is 35.1. The molecule has 1 heteroatoms. The van der Waals surface area contributed by atoms with Gasteiger partial charge >= 0.3 is 0 Å². The molecule has 0 radical (unpaired) electrons. The summed E-state index contributed by atoms with van der Waals surface area (Å²) in [4.78, 5) is 0. The molecule has 11 rings (SSSR count). The largest absolute Gasteiger partial charge is 0.456 e. The molecule has 0 saturated carbocycles. The third-order valence-electron chi connectivity index (χ3n) is 10.9. The van der Waals surface area contributed by atoms with Crippen LogP contribution in [0.5, 0.6) is 0 Å². The van der Waals surface area contributed by atoms with E-state index in [0.717, 1.165) is 70.9 Å². The zero-order chi connectivity index (χ0) is 40.8. The maximum atomic E-state index is 9.73. The van der Waals surface area contributed by atoms with E-state index in [2.05, 4.69) is 72.8 Å². The first-order chi connectivity index (χ1) is 29.3. The molecule has 0 saturated heterocycles. The number of benzene rings is 10. The molecule has 0 amide bonds. The Bertz CT molecular complexity index is 3530. The number of rotatable bonds is 5. The SMILES string of the molecule is [2H]c1c([2H])c([2H])c2c(-c3ccc4oc5cccc(-c6cccc7ccccc67)c5c4c3)c([2H])c([2H])c(Cc3c4ccccc4c(-c4ccccc4)c4ccccc34)c2c1[2H]. The number of hydrogen-bond donors (Lipinski definition) is 0. The summed E-state index contributed by atoms with van der Waals surface area (Å²) in [6, 6.07) is 51.5. The molecule has 54 heavy (non-hydrogen) atoms. The van der Waals surface area contributed by atoms with Gasteiger partial charge < -0.3 is 4.42 Å². The predicted molar refractivity (Wildman–Crippen MR) is 229 cm³/mol. The first-order valence-corrected chi connectivity index (χ1v) is 18.2. The van der Waals surface area contributed by atoms with Crippen molar-refractivity contribution in [2.75, 3.05) is 0 Å². The van der Waals surface area contributed by atoms with E-state index in [1.165, 1.54) is 0 Å². The first-order valence-electron chi connectivity index (χ1n) is 21.2. The summed E-state index contributed by atoms with van der Waals surface area (Å²) >= 11 is 0. The van der Waals surface area contributed by atoms with Gasteiger partial charge in [-0.15, -0.1) is 0 Å². The normalized spacial score (nSPS) is 13.3. The van der Waals surface area contributed by atoms with Crippen LogP contribution < -0.4 is 0 Å². The molecule has 1 nitrogen and oxygen atoms in total. The summed E-state index contributed by atoms with van der Waals surface area (Å²) in [6.07, 6.45) is 0.180. The van der Waals surface area contributed by atoms with Crippen molar-refractivity contribution in [3.8, 4) is 33.4 Å². The monoisotopic (exact) mass is 692 g/mol. The van der Waals surface area contributed by atoms with Gasteiger partial charge in [0.25, 0.3) is 0 Å². The third kappa shape index (κ3) is 4.79. The van der Waals surface area contributed by atoms with Gasteiger partial charge in [-0.25, -0.2) is 0 Å². The van der Waals surface area contributed by atoms with Gasteiger partial charge in [0.1, 0.15) is 11.2 Å². The summed E-state index contributed by atoms with van der Waals surface area (Å²) in [6.45, 7) is 0. The van der Waals surface area contributed by atoms with Crippen LogP contribution in [-0.4, -0.2) is 0 Å². The molecule has 1 heterocycles. The van der Waals surface area contributed by atoms with Crippen LogP contribution >= 0.6 is 0 Å². The predicted octanol–water partition coefficient (Wildman–Crippen LogP) is 14.8. The molecule has 10 aromatic carbocycles. The molecule has 0 aliphatic rings. The Morgan fingerprint density at radius 1 is 0.407 bits per heavy atom. The fraction of sp³-hybridized carbons (Fsp3) is 0.0189. The van der Waals surface area contributed by atoms with Crippen molar-refractivity contribution in [3.63, 3.8) is 0 Å². The highest BCUT2D eigenvalue weighted by atomic mass is 16.3. The molecule has 0 spiro atoms. The fourth-order valence-electron chi connectivity index (χ4n) is 8.51. The van der Waals surface area contributed by atoms with Crippen LogP contribution in [-0.2, 0) is 6.42 Å². The Hall–Kier alpha value is -6.96. The minimum Gasteiger partial charge on any atom is -0.456 e. The quantitative estimate of drug-likeness (QED) is 0.164. The van der Waals surface area contributed by atoms with Crippen molar-refractivity contribution in [3.05, 3.63) is 205 Å². The average Bonchev–Trinajstić information content (AvgIpc) is 3.67. The van der Waals surface area contributed by atoms with Crippen molar-refractivity contribution in [2.45, 2.75) is 6.42 Å². The van der Waals surface area contributed by atoms with Crippen LogP contribution in [0.25, 0.3) is 98.4 Å². The highest BCUT2D eigenvalue weighted by Gasteiger charge is 2.19. The smallest absolute Gasteiger partial charge is 0.136 e. The van der Waals surface area contributed by atoms with Crippen molar-refractivity contribution < 1.29 is 12.6 Å². The lowest BCUT2D eigenvalue weighted by molar-refractivity contribution is 0.669. The van der Waals surface area contributed by atoms with Gasteiger partial charge in [-0.05, 0) is 112 Å². The summed E-state index contributed by atoms with van der Waals surface area (Å²) in [5.41, 5.74) is 7.78. The Labute approximate surface area is 321 Å². The zero-order valence-corrected chi connectivity index (χ0v) is 29.1. The standard InChI is InChI=1S/C53H34O/c1-2-15-35(16-3-1)52-45-23-10-8-21-43(45)48(44-22-9-11-24-46(44)52)32-36-28-30-40(41-20-7-6-19-39(36)41)37-29-31-50-49(33-37)53-47(26-13-27-51(53)54-50)42-25-12-17-34-14-4-5-18-38(34)42/h1-31,33H,32H2/i6D,7D,19D,20D,28D,30D. The van der Waals surface area contributed by atoms with Gasteiger partial charge in [0, 0.05) is 10.8 Å². The second-order valence-corrected chi connectivity index (χ2v) is 13.9. The second kappa shape index (κ2) is 12.3. The fourth-order valence-corrected chi connectivity index (χ4v) is 8.51. The lowest BCUT2D eigenvalue weighted by Crippen LogP contribution is -1.97. The molecule has 0 unspecified atom stereocenters. The Morgan fingerprint density at radius 2 is 1.06 bits per heavy atom. The van der Waals surface area contributed by atoms with Crippen LogP contribution in [0.4, 0.5) is 0 Å². The van der Waals surface area contributed by atoms with Crippen LogP contribution in [0.2, 0.25) is 0 Å². The Balaban J connectivity index is 1.18. The van der Waals surface area contributed by atoms with Crippen LogP contribution in [0.3, 0.4) is 0 Å². The van der Waals surface area contributed by atoms with Crippen molar-refractivity contribution in [1.82, 2.24) is 0 Å². The van der Waals surface area contributed by atoms with Gasteiger partial charge in [-0.1, -0.05) is 176 Å². The summed E-state index contributed by atoms with van der Waals surface area (Å²) < 4.78 is 62.3. The molecule has 0 fully saturated rings. The van der Waals surface area contributed by atoms with Gasteiger partial charge in [0.15, 0.2) is 0 Å². The highest BCUT2D eigenvalue weighted by molar-refractivity contribution is 6.17. The van der Waals surface area contributed by atoms with Crippen LogP contribution in [0, 0.1) is 0 Å².